The predicted molar refractivity (Wildman–Crippen MR) is 44.1 cm³/mol. The zero-order valence-electron chi connectivity index (χ0n) is 6.39. The van der Waals surface area contributed by atoms with Gasteiger partial charge >= 0.3 is 0 Å². The summed E-state index contributed by atoms with van der Waals surface area (Å²) in [6, 6.07) is 0. The Labute approximate surface area is 65.8 Å². The van der Waals surface area contributed by atoms with Gasteiger partial charge in [0.1, 0.15) is 0 Å². The minimum Gasteiger partial charge on any atom is -0.354 e. The first-order valence-corrected chi connectivity index (χ1v) is 4.63. The summed E-state index contributed by atoms with van der Waals surface area (Å²) < 4.78 is 0. The third-order valence-electron chi connectivity index (χ3n) is 1.67. The van der Waals surface area contributed by atoms with E-state index < -0.39 is 0 Å². The largest absolute Gasteiger partial charge is 0.354 e. The Kier molecular flexibility index (Phi) is 2.60. The molecule has 1 heterocycles. The van der Waals surface area contributed by atoms with Gasteiger partial charge in [0.25, 0.3) is 0 Å². The van der Waals surface area contributed by atoms with Crippen molar-refractivity contribution >= 4 is 17.7 Å². The SMILES string of the molecule is CC(C)C1CNC(=O)CS1. The van der Waals surface area contributed by atoms with Crippen molar-refractivity contribution in [2.75, 3.05) is 12.3 Å². The van der Waals surface area contributed by atoms with Crippen molar-refractivity contribution in [1.82, 2.24) is 5.32 Å². The lowest BCUT2D eigenvalue weighted by molar-refractivity contribution is -0.118. The van der Waals surface area contributed by atoms with Crippen molar-refractivity contribution in [3.63, 3.8) is 0 Å². The van der Waals surface area contributed by atoms with E-state index in [-0.39, 0.29) is 5.91 Å². The van der Waals surface area contributed by atoms with E-state index in [0.29, 0.717) is 16.9 Å². The summed E-state index contributed by atoms with van der Waals surface area (Å²) in [5.41, 5.74) is 0. The van der Waals surface area contributed by atoms with Gasteiger partial charge in [-0.2, -0.15) is 0 Å². The highest BCUT2D eigenvalue weighted by molar-refractivity contribution is 8.00. The van der Waals surface area contributed by atoms with Gasteiger partial charge in [-0.1, -0.05) is 13.8 Å². The van der Waals surface area contributed by atoms with E-state index in [9.17, 15) is 4.79 Å². The van der Waals surface area contributed by atoms with Crippen LogP contribution in [-0.4, -0.2) is 23.5 Å². The van der Waals surface area contributed by atoms with Crippen LogP contribution in [0.3, 0.4) is 0 Å². The maximum absolute atomic E-state index is 10.7. The number of nitrogens with one attached hydrogen (secondary N) is 1. The molecule has 1 saturated heterocycles. The summed E-state index contributed by atoms with van der Waals surface area (Å²) in [6.07, 6.45) is 0. The molecule has 1 fully saturated rings. The van der Waals surface area contributed by atoms with Gasteiger partial charge in [0.05, 0.1) is 5.75 Å². The fourth-order valence-corrected chi connectivity index (χ4v) is 1.99. The molecule has 10 heavy (non-hydrogen) atoms. The topological polar surface area (TPSA) is 29.1 Å². The molecule has 1 N–H and O–H groups in total. The van der Waals surface area contributed by atoms with Gasteiger partial charge in [-0.15, -0.1) is 11.8 Å². The quantitative estimate of drug-likeness (QED) is 0.615. The number of amides is 1. The van der Waals surface area contributed by atoms with Crippen molar-refractivity contribution in [2.45, 2.75) is 19.1 Å². The molecule has 0 aromatic rings. The molecule has 2 nitrogen and oxygen atoms in total. The molecule has 0 bridgehead atoms. The molecule has 1 rings (SSSR count). The van der Waals surface area contributed by atoms with Gasteiger partial charge in [0.2, 0.25) is 5.91 Å². The van der Waals surface area contributed by atoms with Crippen LogP contribution >= 0.6 is 11.8 Å². The fourth-order valence-electron chi connectivity index (χ4n) is 0.935. The number of rotatable bonds is 1. The van der Waals surface area contributed by atoms with Crippen LogP contribution in [-0.2, 0) is 4.79 Å². The van der Waals surface area contributed by atoms with Crippen LogP contribution in [0.4, 0.5) is 0 Å². The van der Waals surface area contributed by atoms with Crippen LogP contribution in [0, 0.1) is 5.92 Å². The lowest BCUT2D eigenvalue weighted by atomic mass is 10.1. The van der Waals surface area contributed by atoms with Crippen molar-refractivity contribution in [3.8, 4) is 0 Å². The van der Waals surface area contributed by atoms with Gasteiger partial charge in [0.15, 0.2) is 0 Å². The van der Waals surface area contributed by atoms with E-state index in [1.54, 1.807) is 11.8 Å². The zero-order valence-corrected chi connectivity index (χ0v) is 7.20. The Hall–Kier alpha value is -0.180. The second kappa shape index (κ2) is 3.28. The molecule has 0 aromatic carbocycles. The number of hydrogen-bond acceptors (Lipinski definition) is 2. The average Bonchev–Trinajstić information content (AvgIpc) is 1.88. The molecule has 1 aliphatic rings. The van der Waals surface area contributed by atoms with Crippen molar-refractivity contribution in [3.05, 3.63) is 0 Å². The van der Waals surface area contributed by atoms with Crippen LogP contribution in [0.15, 0.2) is 0 Å². The first kappa shape index (κ1) is 7.92. The Morgan fingerprint density at radius 3 is 2.80 bits per heavy atom. The Balaban J connectivity index is 2.33. The third-order valence-corrected chi connectivity index (χ3v) is 3.24. The summed E-state index contributed by atoms with van der Waals surface area (Å²) >= 11 is 1.77. The summed E-state index contributed by atoms with van der Waals surface area (Å²) in [7, 11) is 0. The van der Waals surface area contributed by atoms with Crippen molar-refractivity contribution in [2.24, 2.45) is 5.92 Å². The van der Waals surface area contributed by atoms with Crippen LogP contribution < -0.4 is 5.32 Å². The van der Waals surface area contributed by atoms with Gasteiger partial charge in [-0.25, -0.2) is 0 Å². The molecule has 0 spiro atoms. The van der Waals surface area contributed by atoms with E-state index >= 15 is 0 Å². The van der Waals surface area contributed by atoms with Crippen LogP contribution in [0.2, 0.25) is 0 Å². The summed E-state index contributed by atoms with van der Waals surface area (Å²) in [4.78, 5) is 10.7. The van der Waals surface area contributed by atoms with Crippen molar-refractivity contribution in [1.29, 1.82) is 0 Å². The summed E-state index contributed by atoms with van der Waals surface area (Å²) in [5, 5.41) is 3.48. The fraction of sp³-hybridized carbons (Fsp3) is 0.857. The van der Waals surface area contributed by atoms with Crippen LogP contribution in [0.1, 0.15) is 13.8 Å². The minimum atomic E-state index is 0.182. The highest BCUT2D eigenvalue weighted by Crippen LogP contribution is 2.20. The lowest BCUT2D eigenvalue weighted by Crippen LogP contribution is -2.39. The smallest absolute Gasteiger partial charge is 0.230 e. The minimum absolute atomic E-state index is 0.182. The van der Waals surface area contributed by atoms with Gasteiger partial charge in [-0.05, 0) is 5.92 Å². The summed E-state index contributed by atoms with van der Waals surface area (Å²) in [6.45, 7) is 5.23. The number of thioether (sulfide) groups is 1. The number of carbonyl (C=O) groups is 1. The summed E-state index contributed by atoms with van der Waals surface area (Å²) in [5.74, 6) is 1.50. The Bertz CT molecular complexity index is 126. The second-order valence-corrected chi connectivity index (χ2v) is 4.13. The van der Waals surface area contributed by atoms with E-state index in [1.807, 2.05) is 0 Å². The monoisotopic (exact) mass is 159 g/mol. The molecule has 58 valence electrons. The molecule has 0 saturated carbocycles. The number of hydrogen-bond donors (Lipinski definition) is 1. The Morgan fingerprint density at radius 2 is 2.40 bits per heavy atom. The van der Waals surface area contributed by atoms with Crippen molar-refractivity contribution < 1.29 is 4.79 Å². The maximum atomic E-state index is 10.7. The average molecular weight is 159 g/mol. The van der Waals surface area contributed by atoms with Gasteiger partial charge in [-0.3, -0.25) is 4.79 Å². The lowest BCUT2D eigenvalue weighted by Gasteiger charge is -2.24. The third kappa shape index (κ3) is 1.90. The molecule has 1 atom stereocenters. The molecule has 0 radical (unpaired) electrons. The highest BCUT2D eigenvalue weighted by atomic mass is 32.2. The van der Waals surface area contributed by atoms with Gasteiger partial charge < -0.3 is 5.32 Å². The molecule has 0 aliphatic carbocycles. The molecular weight excluding hydrogens is 146 g/mol. The predicted octanol–water partition coefficient (Wildman–Crippen LogP) is 0.874. The Morgan fingerprint density at radius 1 is 1.70 bits per heavy atom. The first-order valence-electron chi connectivity index (χ1n) is 3.58. The van der Waals surface area contributed by atoms with Crippen LogP contribution in [0.25, 0.3) is 0 Å². The number of carbonyl (C=O) groups excluding carboxylic acids is 1. The van der Waals surface area contributed by atoms with E-state index in [4.69, 9.17) is 0 Å². The maximum Gasteiger partial charge on any atom is 0.230 e. The molecule has 1 amide bonds. The second-order valence-electron chi connectivity index (χ2n) is 2.90. The molecule has 3 heteroatoms. The highest BCUT2D eigenvalue weighted by Gasteiger charge is 2.20. The van der Waals surface area contributed by atoms with E-state index in [0.717, 1.165) is 6.54 Å². The first-order chi connectivity index (χ1) is 4.70. The standard InChI is InChI=1S/C7H13NOS/c1-5(2)6-3-8-7(9)4-10-6/h5-6H,3-4H2,1-2H3,(H,8,9). The zero-order chi connectivity index (χ0) is 7.56. The molecular formula is C7H13NOS. The molecule has 1 aliphatic heterocycles. The normalized spacial score (nSPS) is 26.7. The van der Waals surface area contributed by atoms with E-state index in [2.05, 4.69) is 19.2 Å². The van der Waals surface area contributed by atoms with Crippen LogP contribution in [0.5, 0.6) is 0 Å². The molecule has 0 aromatic heterocycles. The van der Waals surface area contributed by atoms with E-state index in [1.165, 1.54) is 0 Å². The molecule has 1 unspecified atom stereocenters. The van der Waals surface area contributed by atoms with Gasteiger partial charge in [0, 0.05) is 11.8 Å².